The van der Waals surface area contributed by atoms with Gasteiger partial charge in [-0.3, -0.25) is 9.89 Å². The minimum atomic E-state index is -0.624. The van der Waals surface area contributed by atoms with Crippen LogP contribution < -0.4 is 14.2 Å². The van der Waals surface area contributed by atoms with E-state index in [1.54, 1.807) is 31.5 Å². The number of ether oxygens (including phenoxy) is 3. The third kappa shape index (κ3) is 3.76. The molecule has 1 atom stereocenters. The van der Waals surface area contributed by atoms with Crippen LogP contribution in [0.4, 0.5) is 0 Å². The summed E-state index contributed by atoms with van der Waals surface area (Å²) in [6, 6.07) is 5.27. The van der Waals surface area contributed by atoms with Gasteiger partial charge in [-0.2, -0.15) is 5.10 Å². The third-order valence-corrected chi connectivity index (χ3v) is 5.59. The fraction of sp³-hybridized carbons (Fsp3) is 0.524. The van der Waals surface area contributed by atoms with E-state index in [1.165, 1.54) is 0 Å². The van der Waals surface area contributed by atoms with Crippen LogP contribution in [0.5, 0.6) is 17.2 Å². The lowest BCUT2D eigenvalue weighted by atomic mass is 9.83. The summed E-state index contributed by atoms with van der Waals surface area (Å²) in [6.07, 6.45) is 2.81. The number of hydrogen-bond acceptors (Lipinski definition) is 6. The molecule has 156 valence electrons. The summed E-state index contributed by atoms with van der Waals surface area (Å²) in [6.45, 7) is 5.01. The number of methoxy groups -OCH3 is 1. The smallest absolute Gasteiger partial charge is 0.253 e. The van der Waals surface area contributed by atoms with Crippen LogP contribution in [0.3, 0.4) is 0 Å². The van der Waals surface area contributed by atoms with Crippen LogP contribution in [0.15, 0.2) is 24.4 Å². The number of nitrogens with one attached hydrogen (secondary N) is 1. The van der Waals surface area contributed by atoms with E-state index in [-0.39, 0.29) is 12.0 Å². The Morgan fingerprint density at radius 3 is 2.79 bits per heavy atom. The van der Waals surface area contributed by atoms with Gasteiger partial charge >= 0.3 is 0 Å². The Kier molecular flexibility index (Phi) is 5.12. The van der Waals surface area contributed by atoms with E-state index in [9.17, 15) is 9.90 Å². The van der Waals surface area contributed by atoms with Gasteiger partial charge in [-0.1, -0.05) is 0 Å². The molecule has 4 rings (SSSR count). The largest absolute Gasteiger partial charge is 0.493 e. The molecule has 1 saturated heterocycles. The van der Waals surface area contributed by atoms with Crippen LogP contribution in [0.2, 0.25) is 0 Å². The average molecular weight is 401 g/mol. The van der Waals surface area contributed by atoms with Crippen molar-refractivity contribution < 1.29 is 24.1 Å². The van der Waals surface area contributed by atoms with Gasteiger partial charge < -0.3 is 24.2 Å². The molecule has 1 spiro atoms. The lowest BCUT2D eigenvalue weighted by molar-refractivity contribution is -0.0504. The number of rotatable bonds is 4. The van der Waals surface area contributed by atoms with Gasteiger partial charge in [0, 0.05) is 37.9 Å². The number of aliphatic hydroxyl groups excluding tert-OH is 1. The fourth-order valence-corrected chi connectivity index (χ4v) is 4.09. The van der Waals surface area contributed by atoms with Gasteiger partial charge in [0.15, 0.2) is 17.2 Å². The number of nitrogens with zero attached hydrogens (tertiary/aromatic N) is 2. The molecule has 8 heteroatoms. The van der Waals surface area contributed by atoms with E-state index >= 15 is 0 Å². The van der Waals surface area contributed by atoms with Gasteiger partial charge in [0.1, 0.15) is 17.4 Å². The van der Waals surface area contributed by atoms with E-state index in [0.29, 0.717) is 60.9 Å². The van der Waals surface area contributed by atoms with Crippen molar-refractivity contribution in [3.63, 3.8) is 0 Å². The van der Waals surface area contributed by atoms with Crippen LogP contribution in [-0.4, -0.2) is 58.0 Å². The number of H-pyrrole nitrogens is 1. The van der Waals surface area contributed by atoms with Gasteiger partial charge in [0.2, 0.25) is 0 Å². The molecule has 0 radical (unpaired) electrons. The van der Waals surface area contributed by atoms with Crippen molar-refractivity contribution in [1.82, 2.24) is 15.1 Å². The summed E-state index contributed by atoms with van der Waals surface area (Å²) in [5, 5.41) is 17.2. The van der Waals surface area contributed by atoms with Crippen LogP contribution in [0.25, 0.3) is 0 Å². The average Bonchev–Trinajstić information content (AvgIpc) is 3.16. The molecule has 1 aromatic carbocycles. The normalized spacial score (nSPS) is 20.3. The molecule has 3 heterocycles. The van der Waals surface area contributed by atoms with Crippen LogP contribution in [0.1, 0.15) is 55.3 Å². The topological polar surface area (TPSA) is 96.9 Å². The highest BCUT2D eigenvalue weighted by molar-refractivity contribution is 5.95. The second-order valence-corrected chi connectivity index (χ2v) is 7.98. The Morgan fingerprint density at radius 2 is 2.10 bits per heavy atom. The monoisotopic (exact) mass is 401 g/mol. The Bertz CT molecular complexity index is 886. The molecule has 2 aliphatic heterocycles. The highest BCUT2D eigenvalue weighted by Gasteiger charge is 2.44. The molecule has 0 saturated carbocycles. The highest BCUT2D eigenvalue weighted by atomic mass is 16.5. The second kappa shape index (κ2) is 7.59. The van der Waals surface area contributed by atoms with Crippen molar-refractivity contribution in [2.45, 2.75) is 50.9 Å². The van der Waals surface area contributed by atoms with E-state index < -0.39 is 11.7 Å². The van der Waals surface area contributed by atoms with E-state index in [1.807, 2.05) is 18.7 Å². The minimum absolute atomic E-state index is 0.0188. The van der Waals surface area contributed by atoms with Gasteiger partial charge in [-0.25, -0.2) is 0 Å². The predicted molar refractivity (Wildman–Crippen MR) is 105 cm³/mol. The number of piperidine rings is 1. The number of likely N-dealkylation sites (tertiary alicyclic amines) is 1. The first kappa shape index (κ1) is 19.6. The quantitative estimate of drug-likeness (QED) is 0.818. The van der Waals surface area contributed by atoms with Crippen LogP contribution >= 0.6 is 0 Å². The minimum Gasteiger partial charge on any atom is -0.493 e. The van der Waals surface area contributed by atoms with Crippen molar-refractivity contribution in [3.8, 4) is 17.2 Å². The summed E-state index contributed by atoms with van der Waals surface area (Å²) < 4.78 is 17.3. The maximum absolute atomic E-state index is 13.0. The molecule has 2 N–H and O–H groups in total. The molecule has 8 nitrogen and oxygen atoms in total. The van der Waals surface area contributed by atoms with Crippen LogP contribution in [-0.2, 0) is 0 Å². The summed E-state index contributed by atoms with van der Waals surface area (Å²) in [5.41, 5.74) is 0.736. The molecule has 2 aliphatic rings. The first-order valence-electron chi connectivity index (χ1n) is 9.95. The number of carbonyl (C=O) groups is 1. The van der Waals surface area contributed by atoms with Gasteiger partial charge in [-0.05, 0) is 32.0 Å². The molecule has 0 aliphatic carbocycles. The SMILES string of the molecule is COc1cc(C(=O)N2CCC3(CC2)CC(O)c2[nH]ncc2O3)ccc1OC(C)C. The first-order valence-corrected chi connectivity index (χ1v) is 9.95. The molecule has 29 heavy (non-hydrogen) atoms. The summed E-state index contributed by atoms with van der Waals surface area (Å²) in [5.74, 6) is 1.73. The lowest BCUT2D eigenvalue weighted by Crippen LogP contribution is -2.51. The number of amides is 1. The molecule has 1 fully saturated rings. The lowest BCUT2D eigenvalue weighted by Gasteiger charge is -2.44. The van der Waals surface area contributed by atoms with Crippen LogP contribution in [0, 0.1) is 0 Å². The molecule has 0 bridgehead atoms. The Labute approximate surface area is 169 Å². The predicted octanol–water partition coefficient (Wildman–Crippen LogP) is 2.70. The number of benzene rings is 1. The molecule has 1 unspecified atom stereocenters. The fourth-order valence-electron chi connectivity index (χ4n) is 4.09. The first-order chi connectivity index (χ1) is 13.9. The molecule has 1 amide bonds. The number of aromatic amines is 1. The van der Waals surface area contributed by atoms with Gasteiger partial charge in [-0.15, -0.1) is 0 Å². The van der Waals surface area contributed by atoms with Gasteiger partial charge in [0.05, 0.1) is 19.4 Å². The summed E-state index contributed by atoms with van der Waals surface area (Å²) >= 11 is 0. The van der Waals surface area contributed by atoms with Crippen molar-refractivity contribution in [2.75, 3.05) is 20.2 Å². The Hall–Kier alpha value is -2.74. The van der Waals surface area contributed by atoms with Crippen molar-refractivity contribution >= 4 is 5.91 Å². The molecule has 2 aromatic rings. The molecular weight excluding hydrogens is 374 g/mol. The van der Waals surface area contributed by atoms with E-state index in [4.69, 9.17) is 14.2 Å². The third-order valence-electron chi connectivity index (χ3n) is 5.59. The Morgan fingerprint density at radius 1 is 1.34 bits per heavy atom. The zero-order valence-electron chi connectivity index (χ0n) is 17.0. The zero-order chi connectivity index (χ0) is 20.6. The van der Waals surface area contributed by atoms with Crippen molar-refractivity contribution in [1.29, 1.82) is 0 Å². The molecular formula is C21H27N3O5. The summed E-state index contributed by atoms with van der Waals surface area (Å²) in [7, 11) is 1.57. The standard InChI is InChI=1S/C21H27N3O5/c1-13(2)28-16-5-4-14(10-17(16)27-3)20(26)24-8-6-21(7-9-24)11-15(25)19-18(29-21)12-22-23-19/h4-5,10,12-13,15,25H,6-9,11H2,1-3H3,(H,22,23). The van der Waals surface area contributed by atoms with Crippen molar-refractivity contribution in [2.24, 2.45) is 0 Å². The Balaban J connectivity index is 1.44. The number of aromatic nitrogens is 2. The number of fused-ring (bicyclic) bond motifs is 1. The highest BCUT2D eigenvalue weighted by Crippen LogP contribution is 2.43. The second-order valence-electron chi connectivity index (χ2n) is 7.98. The number of aliphatic hydroxyl groups is 1. The van der Waals surface area contributed by atoms with E-state index in [0.717, 1.165) is 0 Å². The maximum atomic E-state index is 13.0. The summed E-state index contributed by atoms with van der Waals surface area (Å²) in [4.78, 5) is 14.8. The van der Waals surface area contributed by atoms with Crippen molar-refractivity contribution in [3.05, 3.63) is 35.7 Å². The van der Waals surface area contributed by atoms with Gasteiger partial charge in [0.25, 0.3) is 5.91 Å². The molecule has 1 aromatic heterocycles. The van der Waals surface area contributed by atoms with E-state index in [2.05, 4.69) is 10.2 Å². The maximum Gasteiger partial charge on any atom is 0.253 e. The number of hydrogen-bond donors (Lipinski definition) is 2. The number of carbonyl (C=O) groups excluding carboxylic acids is 1. The zero-order valence-corrected chi connectivity index (χ0v) is 17.0.